The molecule has 1 amide bonds. The molecule has 2 N–H and O–H groups in total. The number of aromatic amines is 1. The molecule has 154 valence electrons. The SMILES string of the molecule is CN(C)CC(C)(C)NC(=O)c1ccc(-n2[nH]cc(-c3ccc(C#N)cc3)c2=O)nc1. The van der Waals surface area contributed by atoms with Crippen LogP contribution in [-0.2, 0) is 0 Å². The molecule has 2 heterocycles. The maximum atomic E-state index is 12.8. The van der Waals surface area contributed by atoms with Crippen molar-refractivity contribution in [3.05, 3.63) is 70.3 Å². The molecular weight excluding hydrogens is 380 g/mol. The molecule has 8 nitrogen and oxygen atoms in total. The van der Waals surface area contributed by atoms with Crippen molar-refractivity contribution < 1.29 is 4.79 Å². The van der Waals surface area contributed by atoms with Gasteiger partial charge in [-0.3, -0.25) is 14.7 Å². The summed E-state index contributed by atoms with van der Waals surface area (Å²) >= 11 is 0. The van der Waals surface area contributed by atoms with Gasteiger partial charge in [-0.05, 0) is 57.8 Å². The zero-order valence-electron chi connectivity index (χ0n) is 17.4. The molecule has 0 unspecified atom stereocenters. The number of nitrogens with zero attached hydrogens (tertiary/aromatic N) is 4. The number of pyridine rings is 1. The maximum Gasteiger partial charge on any atom is 0.280 e. The van der Waals surface area contributed by atoms with E-state index in [1.807, 2.05) is 32.8 Å². The first-order valence-corrected chi connectivity index (χ1v) is 9.45. The third-order valence-electron chi connectivity index (χ3n) is 4.50. The van der Waals surface area contributed by atoms with Gasteiger partial charge in [0.2, 0.25) is 0 Å². The van der Waals surface area contributed by atoms with Gasteiger partial charge in [-0.25, -0.2) is 9.67 Å². The highest BCUT2D eigenvalue weighted by Crippen LogP contribution is 2.16. The molecule has 0 saturated carbocycles. The topological polar surface area (TPSA) is 107 Å². The van der Waals surface area contributed by atoms with Crippen LogP contribution in [0, 0.1) is 11.3 Å². The van der Waals surface area contributed by atoms with Crippen molar-refractivity contribution in [1.29, 1.82) is 5.26 Å². The molecule has 0 radical (unpaired) electrons. The fraction of sp³-hybridized carbons (Fsp3) is 0.273. The molecule has 0 fully saturated rings. The first kappa shape index (κ1) is 21.0. The van der Waals surface area contributed by atoms with Gasteiger partial charge >= 0.3 is 0 Å². The minimum atomic E-state index is -0.397. The van der Waals surface area contributed by atoms with Gasteiger partial charge in [0.1, 0.15) is 0 Å². The first-order chi connectivity index (χ1) is 14.2. The second kappa shape index (κ2) is 8.35. The van der Waals surface area contributed by atoms with Crippen LogP contribution >= 0.6 is 0 Å². The first-order valence-electron chi connectivity index (χ1n) is 9.45. The molecule has 0 aliphatic heterocycles. The highest BCUT2D eigenvalue weighted by Gasteiger charge is 2.22. The van der Waals surface area contributed by atoms with E-state index in [2.05, 4.69) is 21.5 Å². The van der Waals surface area contributed by atoms with Crippen molar-refractivity contribution in [3.8, 4) is 23.0 Å². The van der Waals surface area contributed by atoms with Gasteiger partial charge in [-0.1, -0.05) is 12.1 Å². The number of rotatable bonds is 6. The van der Waals surface area contributed by atoms with Gasteiger partial charge < -0.3 is 10.2 Å². The van der Waals surface area contributed by atoms with E-state index in [9.17, 15) is 9.59 Å². The number of benzene rings is 1. The van der Waals surface area contributed by atoms with Crippen LogP contribution < -0.4 is 10.9 Å². The molecule has 2 aromatic heterocycles. The van der Waals surface area contributed by atoms with Gasteiger partial charge in [0.25, 0.3) is 11.5 Å². The summed E-state index contributed by atoms with van der Waals surface area (Å²) in [5.41, 5.74) is 1.45. The monoisotopic (exact) mass is 404 g/mol. The van der Waals surface area contributed by atoms with Crippen molar-refractivity contribution in [2.75, 3.05) is 20.6 Å². The Morgan fingerprint density at radius 2 is 1.93 bits per heavy atom. The lowest BCUT2D eigenvalue weighted by Crippen LogP contribution is -2.50. The molecule has 0 aliphatic rings. The number of carbonyl (C=O) groups is 1. The number of amides is 1. The summed E-state index contributed by atoms with van der Waals surface area (Å²) in [5.74, 6) is 0.155. The Labute approximate surface area is 174 Å². The number of H-pyrrole nitrogens is 1. The van der Waals surface area contributed by atoms with E-state index < -0.39 is 5.54 Å². The highest BCUT2D eigenvalue weighted by molar-refractivity contribution is 5.94. The van der Waals surface area contributed by atoms with E-state index in [0.717, 1.165) is 0 Å². The molecule has 0 bridgehead atoms. The van der Waals surface area contributed by atoms with Crippen LogP contribution in [0.15, 0.2) is 53.6 Å². The van der Waals surface area contributed by atoms with Gasteiger partial charge in [-0.2, -0.15) is 5.26 Å². The Morgan fingerprint density at radius 1 is 1.23 bits per heavy atom. The highest BCUT2D eigenvalue weighted by atomic mass is 16.2. The number of nitriles is 1. The van der Waals surface area contributed by atoms with E-state index >= 15 is 0 Å². The van der Waals surface area contributed by atoms with Crippen LogP contribution in [-0.4, -0.2) is 51.8 Å². The number of carbonyl (C=O) groups excluding carboxylic acids is 1. The normalized spacial score (nSPS) is 11.3. The lowest BCUT2D eigenvalue weighted by atomic mass is 10.0. The average molecular weight is 404 g/mol. The number of hydrogen-bond acceptors (Lipinski definition) is 5. The van der Waals surface area contributed by atoms with E-state index in [1.54, 1.807) is 42.6 Å². The fourth-order valence-corrected chi connectivity index (χ4v) is 3.33. The quantitative estimate of drug-likeness (QED) is 0.655. The molecule has 8 heteroatoms. The Bertz CT molecular complexity index is 1130. The molecule has 0 aliphatic carbocycles. The average Bonchev–Trinajstić information content (AvgIpc) is 3.08. The molecule has 3 aromatic rings. The van der Waals surface area contributed by atoms with Crippen LogP contribution in [0.3, 0.4) is 0 Å². The Balaban J connectivity index is 1.80. The van der Waals surface area contributed by atoms with Crippen LogP contribution in [0.2, 0.25) is 0 Å². The minimum absolute atomic E-state index is 0.224. The van der Waals surface area contributed by atoms with Gasteiger partial charge in [0, 0.05) is 24.5 Å². The van der Waals surface area contributed by atoms with Gasteiger partial charge in [0.05, 0.1) is 22.8 Å². The maximum absolute atomic E-state index is 12.8. The predicted octanol–water partition coefficient (Wildman–Crippen LogP) is 2.17. The van der Waals surface area contributed by atoms with E-state index in [-0.39, 0.29) is 11.5 Å². The number of nitrogens with one attached hydrogen (secondary N) is 2. The molecular formula is C22H24N6O2. The van der Waals surface area contributed by atoms with E-state index in [1.165, 1.54) is 10.9 Å². The lowest BCUT2D eigenvalue weighted by molar-refractivity contribution is 0.0899. The third kappa shape index (κ3) is 4.64. The second-order valence-electron chi connectivity index (χ2n) is 8.00. The predicted molar refractivity (Wildman–Crippen MR) is 114 cm³/mol. The smallest absolute Gasteiger partial charge is 0.280 e. The van der Waals surface area contributed by atoms with Crippen LogP contribution in [0.1, 0.15) is 29.8 Å². The standard InChI is InChI=1S/C22H24N6O2/c1-22(2,14-27(3)4)26-20(29)17-9-10-19(24-12-17)28-21(30)18(13-25-28)16-7-5-15(11-23)6-8-16/h5-10,12-13,25H,14H2,1-4H3,(H,26,29). The Kier molecular flexibility index (Phi) is 5.85. The van der Waals surface area contributed by atoms with Crippen LogP contribution in [0.25, 0.3) is 16.9 Å². The van der Waals surface area contributed by atoms with Crippen molar-refractivity contribution in [2.24, 2.45) is 0 Å². The van der Waals surface area contributed by atoms with Crippen molar-refractivity contribution in [3.63, 3.8) is 0 Å². The molecule has 0 spiro atoms. The fourth-order valence-electron chi connectivity index (χ4n) is 3.33. The Hall–Kier alpha value is -3.70. The number of hydrogen-bond donors (Lipinski definition) is 2. The summed E-state index contributed by atoms with van der Waals surface area (Å²) in [5, 5.41) is 14.8. The number of aromatic nitrogens is 3. The third-order valence-corrected chi connectivity index (χ3v) is 4.50. The summed E-state index contributed by atoms with van der Waals surface area (Å²) in [6.07, 6.45) is 3.04. The zero-order chi connectivity index (χ0) is 21.9. The van der Waals surface area contributed by atoms with Gasteiger partial charge in [0.15, 0.2) is 5.82 Å². The lowest BCUT2D eigenvalue weighted by Gasteiger charge is -2.29. The molecule has 3 rings (SSSR count). The van der Waals surface area contributed by atoms with Crippen LogP contribution in [0.4, 0.5) is 0 Å². The summed E-state index contributed by atoms with van der Waals surface area (Å²) in [7, 11) is 3.90. The minimum Gasteiger partial charge on any atom is -0.346 e. The summed E-state index contributed by atoms with van der Waals surface area (Å²) in [6, 6.07) is 12.1. The summed E-state index contributed by atoms with van der Waals surface area (Å²) in [4.78, 5) is 31.6. The van der Waals surface area contributed by atoms with E-state index in [4.69, 9.17) is 5.26 Å². The molecule has 0 atom stereocenters. The molecule has 1 aromatic carbocycles. The van der Waals surface area contributed by atoms with E-state index in [0.29, 0.717) is 34.6 Å². The Morgan fingerprint density at radius 3 is 2.50 bits per heavy atom. The summed E-state index contributed by atoms with van der Waals surface area (Å²) < 4.78 is 1.31. The summed E-state index contributed by atoms with van der Waals surface area (Å²) in [6.45, 7) is 4.60. The zero-order valence-corrected chi connectivity index (χ0v) is 17.4. The van der Waals surface area contributed by atoms with Crippen molar-refractivity contribution >= 4 is 5.91 Å². The van der Waals surface area contributed by atoms with Crippen molar-refractivity contribution in [1.82, 2.24) is 25.0 Å². The molecule has 30 heavy (non-hydrogen) atoms. The second-order valence-corrected chi connectivity index (χ2v) is 8.00. The van der Waals surface area contributed by atoms with Crippen molar-refractivity contribution in [2.45, 2.75) is 19.4 Å². The van der Waals surface area contributed by atoms with Gasteiger partial charge in [-0.15, -0.1) is 0 Å². The molecule has 0 saturated heterocycles. The largest absolute Gasteiger partial charge is 0.346 e. The van der Waals surface area contributed by atoms with Crippen LogP contribution in [0.5, 0.6) is 0 Å². The number of likely N-dealkylation sites (N-methyl/N-ethyl adjacent to an activating group) is 1.